The van der Waals surface area contributed by atoms with Crippen molar-refractivity contribution in [2.75, 3.05) is 12.3 Å². The van der Waals surface area contributed by atoms with Crippen LogP contribution in [0.25, 0.3) is 22.2 Å². The number of carbonyl (C=O) groups is 1. The van der Waals surface area contributed by atoms with Gasteiger partial charge in [0, 0.05) is 24.5 Å². The normalized spacial score (nSPS) is 11.3. The van der Waals surface area contributed by atoms with E-state index in [9.17, 15) is 4.79 Å². The summed E-state index contributed by atoms with van der Waals surface area (Å²) in [6.45, 7) is 3.92. The van der Waals surface area contributed by atoms with Gasteiger partial charge in [0.25, 0.3) is 5.91 Å². The van der Waals surface area contributed by atoms with Crippen LogP contribution in [0.4, 0.5) is 5.82 Å². The first-order valence-corrected chi connectivity index (χ1v) is 8.59. The van der Waals surface area contributed by atoms with Crippen LogP contribution in [0.2, 0.25) is 0 Å². The van der Waals surface area contributed by atoms with Crippen molar-refractivity contribution in [1.29, 1.82) is 0 Å². The minimum atomic E-state index is -0.359. The number of hydrogen-bond donors (Lipinski definition) is 2. The zero-order chi connectivity index (χ0) is 19.5. The van der Waals surface area contributed by atoms with Gasteiger partial charge in [-0.1, -0.05) is 24.3 Å². The van der Waals surface area contributed by atoms with E-state index in [-0.39, 0.29) is 17.3 Å². The van der Waals surface area contributed by atoms with Crippen molar-refractivity contribution >= 4 is 40.1 Å². The predicted molar refractivity (Wildman–Crippen MR) is 109 cm³/mol. The molecule has 138 valence electrons. The Morgan fingerprint density at radius 1 is 1.21 bits per heavy atom. The summed E-state index contributed by atoms with van der Waals surface area (Å²) in [5.41, 5.74) is 9.45. The predicted octanol–water partition coefficient (Wildman–Crippen LogP) is 2.36. The van der Waals surface area contributed by atoms with Gasteiger partial charge in [0.1, 0.15) is 16.9 Å². The Balaban J connectivity index is 1.93. The van der Waals surface area contributed by atoms with Gasteiger partial charge in [-0.05, 0) is 18.2 Å². The maximum absolute atomic E-state index is 12.7. The number of amides is 1. The largest absolute Gasteiger partial charge is 0.383 e. The van der Waals surface area contributed by atoms with Gasteiger partial charge in [-0.25, -0.2) is 9.97 Å². The minimum absolute atomic E-state index is 0.159. The van der Waals surface area contributed by atoms with Gasteiger partial charge in [-0.15, -0.1) is 6.58 Å². The Morgan fingerprint density at radius 3 is 2.71 bits per heavy atom. The van der Waals surface area contributed by atoms with Crippen LogP contribution in [-0.4, -0.2) is 38.3 Å². The fraction of sp³-hybridized carbons (Fsp3) is 0.0500. The average molecular weight is 371 g/mol. The Labute approximate surface area is 160 Å². The number of hydrogen-bond acceptors (Lipinski definition) is 6. The molecule has 4 aromatic rings. The quantitative estimate of drug-likeness (QED) is 0.413. The van der Waals surface area contributed by atoms with Gasteiger partial charge < -0.3 is 11.1 Å². The highest BCUT2D eigenvalue weighted by Gasteiger charge is 2.23. The average Bonchev–Trinajstić information content (AvgIpc) is 3.00. The molecule has 0 aliphatic heterocycles. The Kier molecular flexibility index (Phi) is 4.51. The topological polar surface area (TPSA) is 111 Å². The van der Waals surface area contributed by atoms with Gasteiger partial charge in [-0.3, -0.25) is 9.78 Å². The van der Waals surface area contributed by atoms with E-state index in [1.165, 1.54) is 4.68 Å². The van der Waals surface area contributed by atoms with Crippen molar-refractivity contribution < 1.29 is 4.79 Å². The van der Waals surface area contributed by atoms with Crippen LogP contribution in [0.1, 0.15) is 15.9 Å². The van der Waals surface area contributed by atoms with E-state index in [0.717, 1.165) is 5.56 Å². The first-order chi connectivity index (χ1) is 13.7. The number of aromatic nitrogens is 4. The number of nitrogens with zero attached hydrogens (tertiary/aromatic N) is 5. The summed E-state index contributed by atoms with van der Waals surface area (Å²) in [4.78, 5) is 26.0. The van der Waals surface area contributed by atoms with Crippen LogP contribution >= 0.6 is 0 Å². The number of benzene rings is 1. The number of nitrogens with two attached hydrogens (primary N) is 1. The molecular formula is C20H17N7O. The molecule has 0 aliphatic carbocycles. The smallest absolute Gasteiger partial charge is 0.257 e. The Morgan fingerprint density at radius 2 is 2.00 bits per heavy atom. The zero-order valence-corrected chi connectivity index (χ0v) is 14.9. The number of nitrogens with one attached hydrogen (secondary N) is 1. The number of para-hydroxylation sites is 2. The molecule has 0 saturated carbocycles. The van der Waals surface area contributed by atoms with Crippen LogP contribution < -0.4 is 11.1 Å². The lowest BCUT2D eigenvalue weighted by Gasteiger charge is -2.02. The third kappa shape index (κ3) is 3.07. The lowest BCUT2D eigenvalue weighted by atomic mass is 10.2. The van der Waals surface area contributed by atoms with E-state index in [2.05, 4.69) is 31.9 Å². The molecule has 0 bridgehead atoms. The molecule has 3 N–H and O–H groups in total. The molecule has 1 amide bonds. The molecule has 0 saturated heterocycles. The molecule has 0 aliphatic rings. The minimum Gasteiger partial charge on any atom is -0.383 e. The molecule has 3 aromatic heterocycles. The van der Waals surface area contributed by atoms with E-state index in [4.69, 9.17) is 5.73 Å². The molecule has 1 aromatic carbocycles. The van der Waals surface area contributed by atoms with Crippen molar-refractivity contribution in [3.8, 4) is 0 Å². The molecule has 0 unspecified atom stereocenters. The lowest BCUT2D eigenvalue weighted by Crippen LogP contribution is -2.24. The van der Waals surface area contributed by atoms with Gasteiger partial charge in [0.15, 0.2) is 5.65 Å². The van der Waals surface area contributed by atoms with Gasteiger partial charge >= 0.3 is 0 Å². The first kappa shape index (κ1) is 17.3. The van der Waals surface area contributed by atoms with Crippen molar-refractivity contribution in [2.24, 2.45) is 5.10 Å². The van der Waals surface area contributed by atoms with Crippen molar-refractivity contribution in [3.63, 3.8) is 0 Å². The number of anilines is 1. The van der Waals surface area contributed by atoms with E-state index >= 15 is 0 Å². The van der Waals surface area contributed by atoms with Crippen LogP contribution in [-0.2, 0) is 0 Å². The maximum Gasteiger partial charge on any atom is 0.257 e. The summed E-state index contributed by atoms with van der Waals surface area (Å²) in [7, 11) is 0. The Bertz CT molecular complexity index is 1210. The van der Waals surface area contributed by atoms with E-state index in [1.54, 1.807) is 30.8 Å². The molecular weight excluding hydrogens is 354 g/mol. The zero-order valence-electron chi connectivity index (χ0n) is 14.9. The van der Waals surface area contributed by atoms with Crippen LogP contribution in [0.5, 0.6) is 0 Å². The highest BCUT2D eigenvalue weighted by atomic mass is 16.1. The number of pyridine rings is 1. The molecule has 4 rings (SSSR count). The Hall–Kier alpha value is -4.07. The van der Waals surface area contributed by atoms with Gasteiger partial charge in [-0.2, -0.15) is 9.78 Å². The van der Waals surface area contributed by atoms with Gasteiger partial charge in [0.2, 0.25) is 0 Å². The fourth-order valence-electron chi connectivity index (χ4n) is 2.82. The highest BCUT2D eigenvalue weighted by Crippen LogP contribution is 2.27. The second kappa shape index (κ2) is 7.28. The maximum atomic E-state index is 12.7. The second-order valence-electron chi connectivity index (χ2n) is 5.99. The molecule has 28 heavy (non-hydrogen) atoms. The van der Waals surface area contributed by atoms with Crippen LogP contribution in [0, 0.1) is 0 Å². The summed E-state index contributed by atoms with van der Waals surface area (Å²) >= 11 is 0. The van der Waals surface area contributed by atoms with E-state index in [1.807, 2.05) is 30.3 Å². The molecule has 0 spiro atoms. The third-order valence-electron chi connectivity index (χ3n) is 4.11. The van der Waals surface area contributed by atoms with Crippen LogP contribution in [0.15, 0.2) is 66.5 Å². The standard InChI is InChI=1S/C20H17N7O/c1-2-9-23-20(28)16-17-19(26-15-8-4-3-7-14(15)25-17)27(18(16)21)24-12-13-6-5-10-22-11-13/h2-8,10-12H,1,9,21H2,(H,23,28). The second-order valence-corrected chi connectivity index (χ2v) is 5.99. The molecule has 0 atom stereocenters. The summed E-state index contributed by atoms with van der Waals surface area (Å²) in [6, 6.07) is 11.1. The van der Waals surface area contributed by atoms with Crippen LogP contribution in [0.3, 0.4) is 0 Å². The molecule has 3 heterocycles. The molecule has 0 fully saturated rings. The summed E-state index contributed by atoms with van der Waals surface area (Å²) in [5, 5.41) is 7.16. The monoisotopic (exact) mass is 371 g/mol. The van der Waals surface area contributed by atoms with Gasteiger partial charge in [0.05, 0.1) is 17.2 Å². The van der Waals surface area contributed by atoms with E-state index in [0.29, 0.717) is 28.7 Å². The first-order valence-electron chi connectivity index (χ1n) is 8.59. The third-order valence-corrected chi connectivity index (χ3v) is 4.11. The lowest BCUT2D eigenvalue weighted by molar-refractivity contribution is 0.0960. The number of rotatable bonds is 5. The van der Waals surface area contributed by atoms with Crippen molar-refractivity contribution in [1.82, 2.24) is 24.9 Å². The fourth-order valence-corrected chi connectivity index (χ4v) is 2.82. The number of fused-ring (bicyclic) bond motifs is 2. The number of nitrogen functional groups attached to an aromatic ring is 1. The summed E-state index contributed by atoms with van der Waals surface area (Å²) < 4.78 is 1.42. The highest BCUT2D eigenvalue weighted by molar-refractivity contribution is 6.10. The molecule has 8 nitrogen and oxygen atoms in total. The number of carbonyl (C=O) groups excluding carboxylic acids is 1. The van der Waals surface area contributed by atoms with E-state index < -0.39 is 0 Å². The summed E-state index contributed by atoms with van der Waals surface area (Å²) in [5.74, 6) is -0.200. The molecule has 0 radical (unpaired) electrons. The SMILES string of the molecule is C=CCNC(=O)c1c(N)n(N=Cc2cccnc2)c2nc3ccccc3nc12. The van der Waals surface area contributed by atoms with Crippen molar-refractivity contribution in [2.45, 2.75) is 0 Å². The van der Waals surface area contributed by atoms with Crippen molar-refractivity contribution in [3.05, 3.63) is 72.6 Å². The molecule has 8 heteroatoms. The summed E-state index contributed by atoms with van der Waals surface area (Å²) in [6.07, 6.45) is 6.54.